The minimum absolute atomic E-state index is 0.0195. The lowest BCUT2D eigenvalue weighted by Crippen LogP contribution is -2.24. The van der Waals surface area contributed by atoms with E-state index in [-0.39, 0.29) is 11.2 Å². The van der Waals surface area contributed by atoms with E-state index < -0.39 is 0 Å². The molecule has 0 fully saturated rings. The van der Waals surface area contributed by atoms with Crippen molar-refractivity contribution in [3.63, 3.8) is 0 Å². The third kappa shape index (κ3) is 3.88. The fourth-order valence-corrected chi connectivity index (χ4v) is 3.77. The Bertz CT molecular complexity index is 934. The van der Waals surface area contributed by atoms with E-state index >= 15 is 0 Å². The Labute approximate surface area is 158 Å². The molecule has 1 N–H and O–H groups in total. The largest absolute Gasteiger partial charge is 0.325 e. The first kappa shape index (κ1) is 18.4. The predicted molar refractivity (Wildman–Crippen MR) is 109 cm³/mol. The molecule has 0 radical (unpaired) electrons. The molecule has 0 spiro atoms. The number of hydrogen-bond acceptors (Lipinski definition) is 4. The minimum Gasteiger partial charge on any atom is -0.325 e. The normalized spacial score (nSPS) is 12.3. The van der Waals surface area contributed by atoms with Crippen molar-refractivity contribution in [1.29, 1.82) is 0 Å². The van der Waals surface area contributed by atoms with E-state index in [4.69, 9.17) is 0 Å². The number of anilines is 1. The molecule has 26 heavy (non-hydrogen) atoms. The molecule has 1 heterocycles. The van der Waals surface area contributed by atoms with E-state index in [0.29, 0.717) is 5.92 Å². The average Bonchev–Trinajstić information content (AvgIpc) is 2.63. The van der Waals surface area contributed by atoms with Crippen LogP contribution in [0.3, 0.4) is 0 Å². The summed E-state index contributed by atoms with van der Waals surface area (Å²) in [5.74, 6) is 0.327. The third-order valence-electron chi connectivity index (χ3n) is 4.34. The summed E-state index contributed by atoms with van der Waals surface area (Å²) in [5.41, 5.74) is 4.04. The zero-order chi connectivity index (χ0) is 18.7. The minimum atomic E-state index is -0.270. The van der Waals surface area contributed by atoms with Crippen LogP contribution in [0.25, 0.3) is 10.9 Å². The molecule has 0 saturated heterocycles. The molecular formula is C21H23N3OS. The first-order valence-electron chi connectivity index (χ1n) is 8.74. The van der Waals surface area contributed by atoms with Crippen molar-refractivity contribution in [1.82, 2.24) is 9.97 Å². The number of benzene rings is 2. The first-order valence-corrected chi connectivity index (χ1v) is 9.62. The van der Waals surface area contributed by atoms with E-state index in [9.17, 15) is 4.79 Å². The van der Waals surface area contributed by atoms with Crippen LogP contribution in [-0.4, -0.2) is 21.1 Å². The number of nitrogens with one attached hydrogen (secondary N) is 1. The van der Waals surface area contributed by atoms with Gasteiger partial charge in [0.25, 0.3) is 0 Å². The predicted octanol–water partition coefficient (Wildman–Crippen LogP) is 5.18. The molecular weight excluding hydrogens is 342 g/mol. The number of rotatable bonds is 5. The van der Waals surface area contributed by atoms with E-state index in [2.05, 4.69) is 35.2 Å². The highest BCUT2D eigenvalue weighted by Gasteiger charge is 2.19. The van der Waals surface area contributed by atoms with Gasteiger partial charge in [-0.2, -0.15) is 0 Å². The Morgan fingerprint density at radius 2 is 1.81 bits per heavy atom. The van der Waals surface area contributed by atoms with Gasteiger partial charge in [-0.05, 0) is 37.0 Å². The third-order valence-corrected chi connectivity index (χ3v) is 5.46. The number of fused-ring (bicyclic) bond motifs is 1. The molecule has 1 atom stereocenters. The Hall–Kier alpha value is -2.40. The zero-order valence-electron chi connectivity index (χ0n) is 15.5. The second-order valence-electron chi connectivity index (χ2n) is 6.64. The van der Waals surface area contributed by atoms with E-state index in [1.54, 1.807) is 6.33 Å². The molecule has 1 aromatic heterocycles. The Morgan fingerprint density at radius 3 is 2.58 bits per heavy atom. The maximum absolute atomic E-state index is 12.8. The lowest BCUT2D eigenvalue weighted by atomic mass is 9.98. The van der Waals surface area contributed by atoms with Gasteiger partial charge in [-0.1, -0.05) is 62.0 Å². The van der Waals surface area contributed by atoms with Gasteiger partial charge in [0.2, 0.25) is 5.91 Å². The van der Waals surface area contributed by atoms with Crippen molar-refractivity contribution in [2.24, 2.45) is 0 Å². The molecule has 0 saturated carbocycles. The second kappa shape index (κ2) is 7.87. The molecule has 0 aliphatic carbocycles. The summed E-state index contributed by atoms with van der Waals surface area (Å²) >= 11 is 1.46. The number of thioether (sulfide) groups is 1. The fraction of sp³-hybridized carbons (Fsp3) is 0.286. The summed E-state index contributed by atoms with van der Waals surface area (Å²) < 4.78 is 0. The van der Waals surface area contributed by atoms with Crippen LogP contribution in [0.4, 0.5) is 5.69 Å². The van der Waals surface area contributed by atoms with Gasteiger partial charge < -0.3 is 5.32 Å². The molecule has 4 nitrogen and oxygen atoms in total. The number of amides is 1. The van der Waals surface area contributed by atoms with Crippen LogP contribution in [0.15, 0.2) is 53.8 Å². The highest BCUT2D eigenvalue weighted by atomic mass is 32.2. The van der Waals surface area contributed by atoms with Crippen LogP contribution in [0, 0.1) is 6.92 Å². The molecule has 0 aliphatic rings. The van der Waals surface area contributed by atoms with Crippen molar-refractivity contribution in [2.75, 3.05) is 5.32 Å². The van der Waals surface area contributed by atoms with Gasteiger partial charge in [0.05, 0.1) is 10.8 Å². The van der Waals surface area contributed by atoms with Gasteiger partial charge >= 0.3 is 0 Å². The number of nitrogens with zero attached hydrogens (tertiary/aromatic N) is 2. The summed E-state index contributed by atoms with van der Waals surface area (Å²) in [5, 5.41) is 4.65. The molecule has 1 amide bonds. The number of para-hydroxylation sites is 2. The molecule has 2 aromatic carbocycles. The second-order valence-corrected chi connectivity index (χ2v) is 7.97. The van der Waals surface area contributed by atoms with Gasteiger partial charge in [-0.25, -0.2) is 9.97 Å². The number of hydrogen-bond donors (Lipinski definition) is 1. The van der Waals surface area contributed by atoms with Crippen LogP contribution in [0.1, 0.15) is 37.8 Å². The summed E-state index contributed by atoms with van der Waals surface area (Å²) in [6.07, 6.45) is 1.55. The Balaban J connectivity index is 1.81. The van der Waals surface area contributed by atoms with Crippen molar-refractivity contribution in [3.8, 4) is 0 Å². The monoisotopic (exact) mass is 365 g/mol. The van der Waals surface area contributed by atoms with E-state index in [0.717, 1.165) is 32.7 Å². The molecule has 3 aromatic rings. The lowest BCUT2D eigenvalue weighted by molar-refractivity contribution is -0.115. The van der Waals surface area contributed by atoms with Crippen molar-refractivity contribution >= 4 is 34.3 Å². The van der Waals surface area contributed by atoms with Gasteiger partial charge in [0, 0.05) is 11.1 Å². The molecule has 0 aliphatic heterocycles. The van der Waals surface area contributed by atoms with Crippen molar-refractivity contribution in [3.05, 3.63) is 59.9 Å². The van der Waals surface area contributed by atoms with Crippen molar-refractivity contribution < 1.29 is 4.79 Å². The van der Waals surface area contributed by atoms with Crippen LogP contribution >= 0.6 is 11.8 Å². The maximum atomic E-state index is 12.8. The number of aromatic nitrogens is 2. The molecule has 3 rings (SSSR count). The SMILES string of the molecule is Cc1cccc(C(C)C)c1NC(=O)[C@@H](C)Sc1ncnc2ccccc12. The summed E-state index contributed by atoms with van der Waals surface area (Å²) in [7, 11) is 0. The molecule has 0 unspecified atom stereocenters. The van der Waals surface area contributed by atoms with E-state index in [1.165, 1.54) is 11.8 Å². The number of carbonyl (C=O) groups excluding carboxylic acids is 1. The van der Waals surface area contributed by atoms with Crippen LogP contribution in [0.5, 0.6) is 0 Å². The maximum Gasteiger partial charge on any atom is 0.237 e. The molecule has 5 heteroatoms. The molecule has 134 valence electrons. The number of aryl methyl sites for hydroxylation is 1. The van der Waals surface area contributed by atoms with E-state index in [1.807, 2.05) is 50.2 Å². The van der Waals surface area contributed by atoms with Crippen molar-refractivity contribution in [2.45, 2.75) is 43.9 Å². The molecule has 0 bridgehead atoms. The average molecular weight is 366 g/mol. The smallest absolute Gasteiger partial charge is 0.237 e. The Kier molecular flexibility index (Phi) is 5.57. The number of carbonyl (C=O) groups is 1. The summed E-state index contributed by atoms with van der Waals surface area (Å²) in [6.45, 7) is 8.20. The van der Waals surface area contributed by atoms with Crippen LogP contribution in [0.2, 0.25) is 0 Å². The summed E-state index contributed by atoms with van der Waals surface area (Å²) in [6, 6.07) is 14.0. The highest BCUT2D eigenvalue weighted by Crippen LogP contribution is 2.31. The standard InChI is InChI=1S/C21H23N3OS/c1-13(2)16-10-7-8-14(3)19(16)24-20(25)15(4)26-21-17-9-5-6-11-18(17)22-12-23-21/h5-13,15H,1-4H3,(H,24,25)/t15-/m1/s1. The van der Waals surface area contributed by atoms with Gasteiger partial charge in [0.15, 0.2) is 0 Å². The zero-order valence-corrected chi connectivity index (χ0v) is 16.3. The highest BCUT2D eigenvalue weighted by molar-refractivity contribution is 8.00. The quantitative estimate of drug-likeness (QED) is 0.500. The first-order chi connectivity index (χ1) is 12.5. The van der Waals surface area contributed by atoms with Crippen LogP contribution in [-0.2, 0) is 4.79 Å². The lowest BCUT2D eigenvalue weighted by Gasteiger charge is -2.18. The fourth-order valence-electron chi connectivity index (χ4n) is 2.86. The summed E-state index contributed by atoms with van der Waals surface area (Å²) in [4.78, 5) is 21.5. The van der Waals surface area contributed by atoms with Gasteiger partial charge in [-0.3, -0.25) is 4.79 Å². The van der Waals surface area contributed by atoms with Gasteiger partial charge in [-0.15, -0.1) is 0 Å². The van der Waals surface area contributed by atoms with Gasteiger partial charge in [0.1, 0.15) is 11.4 Å². The van der Waals surface area contributed by atoms with Crippen LogP contribution < -0.4 is 5.32 Å². The Morgan fingerprint density at radius 1 is 1.04 bits per heavy atom. The topological polar surface area (TPSA) is 54.9 Å².